The maximum atomic E-state index is 13.4. The molecule has 1 N–H and O–H groups in total. The number of carbonyl (C=O) groups excluding carboxylic acids is 2. The first-order valence-electron chi connectivity index (χ1n) is 7.13. The molecule has 0 fully saturated rings. The van der Waals surface area contributed by atoms with Crippen LogP contribution in [0.5, 0.6) is 0 Å². The Balaban J connectivity index is 2.03. The van der Waals surface area contributed by atoms with Crippen LogP contribution < -0.4 is 10.2 Å². The predicted octanol–water partition coefficient (Wildman–Crippen LogP) is 3.75. The monoisotopic (exact) mass is 376 g/mol. The Morgan fingerprint density at radius 1 is 1.26 bits per heavy atom. The quantitative estimate of drug-likeness (QED) is 0.867. The number of hydrogen-bond donors (Lipinski definition) is 1. The number of hydrogen-bond acceptors (Lipinski definition) is 2. The molecule has 0 radical (unpaired) electrons. The number of rotatable bonds is 2. The van der Waals surface area contributed by atoms with Crippen LogP contribution in [0.25, 0.3) is 0 Å². The first-order chi connectivity index (χ1) is 11.0. The van der Waals surface area contributed by atoms with Crippen LogP contribution in [-0.2, 0) is 11.2 Å². The van der Waals surface area contributed by atoms with Gasteiger partial charge in [0.2, 0.25) is 5.91 Å². The van der Waals surface area contributed by atoms with Crippen LogP contribution in [-0.4, -0.2) is 18.4 Å². The second kappa shape index (κ2) is 6.12. The van der Waals surface area contributed by atoms with Crippen molar-refractivity contribution in [3.05, 3.63) is 57.8 Å². The maximum Gasteiger partial charge on any atom is 0.258 e. The number of nitrogens with one attached hydrogen (secondary N) is 1. The van der Waals surface area contributed by atoms with Gasteiger partial charge >= 0.3 is 0 Å². The van der Waals surface area contributed by atoms with Gasteiger partial charge in [-0.1, -0.05) is 22.0 Å². The normalized spacial score (nSPS) is 12.9. The van der Waals surface area contributed by atoms with Crippen LogP contribution in [0.4, 0.5) is 15.8 Å². The van der Waals surface area contributed by atoms with E-state index in [1.165, 1.54) is 25.1 Å². The van der Waals surface area contributed by atoms with Gasteiger partial charge in [0.15, 0.2) is 0 Å². The van der Waals surface area contributed by atoms with Gasteiger partial charge in [-0.05, 0) is 42.3 Å². The predicted molar refractivity (Wildman–Crippen MR) is 90.2 cm³/mol. The molecule has 118 valence electrons. The number of nitrogens with zero attached hydrogens (tertiary/aromatic N) is 1. The molecule has 23 heavy (non-hydrogen) atoms. The highest BCUT2D eigenvalue weighted by Gasteiger charge is 2.29. The summed E-state index contributed by atoms with van der Waals surface area (Å²) in [5, 5.41) is 2.76. The first-order valence-corrected chi connectivity index (χ1v) is 7.92. The van der Waals surface area contributed by atoms with Crippen molar-refractivity contribution in [2.75, 3.05) is 16.8 Å². The zero-order valence-electron chi connectivity index (χ0n) is 12.4. The molecule has 6 heteroatoms. The summed E-state index contributed by atoms with van der Waals surface area (Å²) in [6.07, 6.45) is 0.683. The lowest BCUT2D eigenvalue weighted by atomic mass is 10.1. The van der Waals surface area contributed by atoms with E-state index in [4.69, 9.17) is 0 Å². The molecule has 1 aliphatic rings. The van der Waals surface area contributed by atoms with E-state index in [0.717, 1.165) is 10.0 Å². The van der Waals surface area contributed by atoms with E-state index in [2.05, 4.69) is 21.2 Å². The van der Waals surface area contributed by atoms with E-state index in [0.29, 0.717) is 24.3 Å². The lowest BCUT2D eigenvalue weighted by molar-refractivity contribution is -0.114. The molecular weight excluding hydrogens is 363 g/mol. The zero-order chi connectivity index (χ0) is 16.6. The fourth-order valence-corrected chi connectivity index (χ4v) is 3.28. The van der Waals surface area contributed by atoms with E-state index in [1.54, 1.807) is 17.0 Å². The number of amides is 2. The number of anilines is 2. The van der Waals surface area contributed by atoms with Crippen LogP contribution in [0, 0.1) is 5.82 Å². The third-order valence-electron chi connectivity index (χ3n) is 3.66. The summed E-state index contributed by atoms with van der Waals surface area (Å²) in [6, 6.07) is 9.30. The number of benzene rings is 2. The largest absolute Gasteiger partial charge is 0.324 e. The fraction of sp³-hybridized carbons (Fsp3) is 0.176. The van der Waals surface area contributed by atoms with Crippen molar-refractivity contribution in [2.45, 2.75) is 13.3 Å². The summed E-state index contributed by atoms with van der Waals surface area (Å²) in [5.74, 6) is -0.944. The molecule has 0 saturated carbocycles. The highest BCUT2D eigenvalue weighted by Crippen LogP contribution is 2.39. The van der Waals surface area contributed by atoms with Crippen LogP contribution in [0.3, 0.4) is 0 Å². The van der Waals surface area contributed by atoms with E-state index in [1.807, 2.05) is 6.07 Å². The van der Waals surface area contributed by atoms with E-state index >= 15 is 0 Å². The molecule has 0 saturated heterocycles. The van der Waals surface area contributed by atoms with Gasteiger partial charge in [-0.3, -0.25) is 9.59 Å². The molecule has 0 spiro atoms. The van der Waals surface area contributed by atoms with Crippen LogP contribution in [0.2, 0.25) is 0 Å². The average Bonchev–Trinajstić information content (AvgIpc) is 2.89. The van der Waals surface area contributed by atoms with Gasteiger partial charge in [0.25, 0.3) is 5.91 Å². The smallest absolute Gasteiger partial charge is 0.258 e. The van der Waals surface area contributed by atoms with Crippen LogP contribution in [0.1, 0.15) is 22.8 Å². The summed E-state index contributed by atoms with van der Waals surface area (Å²) in [7, 11) is 0. The van der Waals surface area contributed by atoms with E-state index in [9.17, 15) is 14.0 Å². The zero-order valence-corrected chi connectivity index (χ0v) is 14.0. The Labute approximate surface area is 141 Å². The second-order valence-electron chi connectivity index (χ2n) is 5.36. The minimum absolute atomic E-state index is 0.213. The van der Waals surface area contributed by atoms with Gasteiger partial charge < -0.3 is 10.2 Å². The van der Waals surface area contributed by atoms with Gasteiger partial charge in [0, 0.05) is 23.5 Å². The molecule has 4 nitrogen and oxygen atoms in total. The summed E-state index contributed by atoms with van der Waals surface area (Å²) >= 11 is 3.41. The molecule has 1 aliphatic heterocycles. The van der Waals surface area contributed by atoms with Crippen molar-refractivity contribution >= 4 is 39.1 Å². The van der Waals surface area contributed by atoms with Crippen molar-refractivity contribution < 1.29 is 14.0 Å². The third-order valence-corrected chi connectivity index (χ3v) is 4.11. The molecule has 1 heterocycles. The van der Waals surface area contributed by atoms with Crippen molar-refractivity contribution in [3.8, 4) is 0 Å². The number of halogens is 2. The molecule has 2 aromatic carbocycles. The SMILES string of the molecule is CC(=O)Nc1cc(Br)cc2c1N(C(=O)c1cccc(F)c1)CC2. The van der Waals surface area contributed by atoms with E-state index < -0.39 is 5.82 Å². The second-order valence-corrected chi connectivity index (χ2v) is 6.28. The molecule has 2 amide bonds. The molecule has 3 rings (SSSR count). The molecule has 0 aliphatic carbocycles. The minimum atomic E-state index is -0.451. The molecule has 0 atom stereocenters. The average molecular weight is 377 g/mol. The summed E-state index contributed by atoms with van der Waals surface area (Å²) in [5.41, 5.74) is 2.50. The summed E-state index contributed by atoms with van der Waals surface area (Å²) in [4.78, 5) is 25.7. The Morgan fingerprint density at radius 2 is 2.04 bits per heavy atom. The Morgan fingerprint density at radius 3 is 2.74 bits per heavy atom. The lowest BCUT2D eigenvalue weighted by Crippen LogP contribution is -2.29. The molecule has 2 aromatic rings. The minimum Gasteiger partial charge on any atom is -0.324 e. The molecule has 0 aromatic heterocycles. The van der Waals surface area contributed by atoms with Gasteiger partial charge in [0.1, 0.15) is 5.82 Å². The maximum absolute atomic E-state index is 13.4. The number of carbonyl (C=O) groups is 2. The third kappa shape index (κ3) is 3.12. The van der Waals surface area contributed by atoms with Crippen molar-refractivity contribution in [3.63, 3.8) is 0 Å². The first kappa shape index (κ1) is 15.7. The Bertz CT molecular complexity index is 807. The fourth-order valence-electron chi connectivity index (χ4n) is 2.77. The van der Waals surface area contributed by atoms with E-state index in [-0.39, 0.29) is 17.4 Å². The van der Waals surface area contributed by atoms with Crippen molar-refractivity contribution in [2.24, 2.45) is 0 Å². The summed E-state index contributed by atoms with van der Waals surface area (Å²) in [6.45, 7) is 1.91. The van der Waals surface area contributed by atoms with Crippen molar-refractivity contribution in [1.82, 2.24) is 0 Å². The van der Waals surface area contributed by atoms with Crippen molar-refractivity contribution in [1.29, 1.82) is 0 Å². The lowest BCUT2D eigenvalue weighted by Gasteiger charge is -2.21. The Hall–Kier alpha value is -2.21. The van der Waals surface area contributed by atoms with Crippen LogP contribution >= 0.6 is 15.9 Å². The van der Waals surface area contributed by atoms with Crippen LogP contribution in [0.15, 0.2) is 40.9 Å². The van der Waals surface area contributed by atoms with Gasteiger partial charge in [-0.15, -0.1) is 0 Å². The number of fused-ring (bicyclic) bond motifs is 1. The molecule has 0 bridgehead atoms. The highest BCUT2D eigenvalue weighted by atomic mass is 79.9. The summed E-state index contributed by atoms with van der Waals surface area (Å²) < 4.78 is 14.2. The van der Waals surface area contributed by atoms with Gasteiger partial charge in [0.05, 0.1) is 11.4 Å². The molecule has 0 unspecified atom stereocenters. The Kier molecular flexibility index (Phi) is 4.17. The van der Waals surface area contributed by atoms with Gasteiger partial charge in [-0.2, -0.15) is 0 Å². The highest BCUT2D eigenvalue weighted by molar-refractivity contribution is 9.10. The standard InChI is InChI=1S/C17H14BrFN2O2/c1-10(22)20-15-9-13(18)7-11-5-6-21(16(11)15)17(23)12-3-2-4-14(19)8-12/h2-4,7-9H,5-6H2,1H3,(H,20,22). The molecular formula is C17H14BrFN2O2. The van der Waals surface area contributed by atoms with Gasteiger partial charge in [-0.25, -0.2) is 4.39 Å². The topological polar surface area (TPSA) is 49.4 Å².